The Morgan fingerprint density at radius 2 is 2.15 bits per heavy atom. The van der Waals surface area contributed by atoms with E-state index < -0.39 is 0 Å². The van der Waals surface area contributed by atoms with Gasteiger partial charge in [-0.2, -0.15) is 5.26 Å². The van der Waals surface area contributed by atoms with E-state index in [0.29, 0.717) is 11.6 Å². The molecule has 0 aliphatic rings. The number of rotatable bonds is 2. The monoisotopic (exact) mass is 175 g/mol. The van der Waals surface area contributed by atoms with Gasteiger partial charge in [-0.05, 0) is 18.1 Å². The molecule has 1 heterocycles. The maximum atomic E-state index is 8.63. The quantitative estimate of drug-likeness (QED) is 0.742. The average Bonchev–Trinajstić information content (AvgIpc) is 2.16. The second kappa shape index (κ2) is 4.01. The van der Waals surface area contributed by atoms with Crippen LogP contribution in [0.2, 0.25) is 0 Å². The highest BCUT2D eigenvalue weighted by atomic mass is 14.8. The third-order valence-electron chi connectivity index (χ3n) is 1.94. The molecule has 2 N–H and O–H groups in total. The molecule has 0 amide bonds. The molecule has 1 aromatic rings. The average molecular weight is 175 g/mol. The molecule has 0 saturated carbocycles. The molecule has 0 aliphatic carbocycles. The number of hydrogen-bond acceptors (Lipinski definition) is 3. The van der Waals surface area contributed by atoms with E-state index >= 15 is 0 Å². The van der Waals surface area contributed by atoms with Crippen molar-refractivity contribution >= 4 is 0 Å². The first-order valence-corrected chi connectivity index (χ1v) is 4.27. The van der Waals surface area contributed by atoms with Crippen LogP contribution in [0.1, 0.15) is 31.3 Å². The van der Waals surface area contributed by atoms with Gasteiger partial charge in [0.05, 0.1) is 5.69 Å². The molecule has 0 fully saturated rings. The molecule has 1 atom stereocenters. The first kappa shape index (κ1) is 9.69. The molecule has 0 aliphatic heterocycles. The molecule has 3 heteroatoms. The summed E-state index contributed by atoms with van der Waals surface area (Å²) in [5.41, 5.74) is 7.10. The lowest BCUT2D eigenvalue weighted by Crippen LogP contribution is -2.18. The minimum Gasteiger partial charge on any atom is -0.322 e. The van der Waals surface area contributed by atoms with E-state index in [4.69, 9.17) is 11.0 Å². The lowest BCUT2D eigenvalue weighted by atomic mass is 10.0. The van der Waals surface area contributed by atoms with Crippen LogP contribution in [0.4, 0.5) is 0 Å². The van der Waals surface area contributed by atoms with Gasteiger partial charge in [0.2, 0.25) is 0 Å². The van der Waals surface area contributed by atoms with Crippen molar-refractivity contribution in [2.45, 2.75) is 19.9 Å². The third-order valence-corrected chi connectivity index (χ3v) is 1.94. The summed E-state index contributed by atoms with van der Waals surface area (Å²) >= 11 is 0. The van der Waals surface area contributed by atoms with Crippen molar-refractivity contribution < 1.29 is 0 Å². The van der Waals surface area contributed by atoms with Crippen LogP contribution >= 0.6 is 0 Å². The number of hydrogen-bond donors (Lipinski definition) is 1. The Morgan fingerprint density at radius 3 is 2.69 bits per heavy atom. The maximum absolute atomic E-state index is 8.63. The van der Waals surface area contributed by atoms with E-state index in [-0.39, 0.29) is 6.04 Å². The molecular weight excluding hydrogens is 162 g/mol. The van der Waals surface area contributed by atoms with Crippen LogP contribution in [0.5, 0.6) is 0 Å². The summed E-state index contributed by atoms with van der Waals surface area (Å²) in [5.74, 6) is 0.335. The predicted octanol–water partition coefficient (Wildman–Crippen LogP) is 1.61. The third kappa shape index (κ3) is 2.27. The molecular formula is C10H13N3. The van der Waals surface area contributed by atoms with Crippen LogP contribution in [0.25, 0.3) is 0 Å². The summed E-state index contributed by atoms with van der Waals surface area (Å²) in [6.07, 6.45) is 0. The molecule has 1 rings (SSSR count). The van der Waals surface area contributed by atoms with Crippen LogP contribution < -0.4 is 5.73 Å². The standard InChI is InChI=1S/C10H13N3/c1-7(2)10(12)9-5-3-4-8(6-11)13-9/h3-5,7,10H,12H2,1-2H3/t10-/m0/s1. The number of pyridine rings is 1. The molecule has 0 radical (unpaired) electrons. The summed E-state index contributed by atoms with van der Waals surface area (Å²) in [6, 6.07) is 7.24. The Morgan fingerprint density at radius 1 is 1.46 bits per heavy atom. The Labute approximate surface area is 78.2 Å². The Hall–Kier alpha value is -1.40. The highest BCUT2D eigenvalue weighted by Gasteiger charge is 2.11. The van der Waals surface area contributed by atoms with Crippen molar-refractivity contribution in [1.29, 1.82) is 5.26 Å². The summed E-state index contributed by atoms with van der Waals surface area (Å²) in [4.78, 5) is 4.13. The number of nitrogens with two attached hydrogens (primary N) is 1. The zero-order valence-corrected chi connectivity index (χ0v) is 7.86. The SMILES string of the molecule is CC(C)[C@H](N)c1cccc(C#N)n1. The van der Waals surface area contributed by atoms with Crippen LogP contribution in [0, 0.1) is 17.2 Å². The van der Waals surface area contributed by atoms with Crippen molar-refractivity contribution in [1.82, 2.24) is 4.98 Å². The van der Waals surface area contributed by atoms with Gasteiger partial charge in [-0.25, -0.2) is 4.98 Å². The summed E-state index contributed by atoms with van der Waals surface area (Å²) < 4.78 is 0. The van der Waals surface area contributed by atoms with Gasteiger partial charge in [-0.1, -0.05) is 19.9 Å². The Balaban J connectivity index is 2.96. The molecule has 1 aromatic heterocycles. The highest BCUT2D eigenvalue weighted by Crippen LogP contribution is 2.16. The Bertz CT molecular complexity index is 325. The fourth-order valence-electron chi connectivity index (χ4n) is 1.04. The lowest BCUT2D eigenvalue weighted by molar-refractivity contribution is 0.503. The molecule has 68 valence electrons. The van der Waals surface area contributed by atoms with Crippen molar-refractivity contribution in [3.8, 4) is 6.07 Å². The smallest absolute Gasteiger partial charge is 0.140 e. The normalized spacial score (nSPS) is 12.5. The molecule has 13 heavy (non-hydrogen) atoms. The van der Waals surface area contributed by atoms with Gasteiger partial charge < -0.3 is 5.73 Å². The molecule has 3 nitrogen and oxygen atoms in total. The van der Waals surface area contributed by atoms with Crippen molar-refractivity contribution in [2.24, 2.45) is 11.7 Å². The van der Waals surface area contributed by atoms with Gasteiger partial charge in [0, 0.05) is 6.04 Å². The van der Waals surface area contributed by atoms with E-state index in [1.54, 1.807) is 6.07 Å². The largest absolute Gasteiger partial charge is 0.322 e. The van der Waals surface area contributed by atoms with E-state index in [0.717, 1.165) is 5.69 Å². The van der Waals surface area contributed by atoms with Gasteiger partial charge in [0.1, 0.15) is 11.8 Å². The fourth-order valence-corrected chi connectivity index (χ4v) is 1.04. The summed E-state index contributed by atoms with van der Waals surface area (Å²) in [7, 11) is 0. The summed E-state index contributed by atoms with van der Waals surface area (Å²) in [6.45, 7) is 4.07. The second-order valence-corrected chi connectivity index (χ2v) is 3.33. The van der Waals surface area contributed by atoms with Crippen LogP contribution in [-0.4, -0.2) is 4.98 Å². The predicted molar refractivity (Wildman–Crippen MR) is 50.7 cm³/mol. The number of aromatic nitrogens is 1. The molecule has 0 unspecified atom stereocenters. The van der Waals surface area contributed by atoms with Gasteiger partial charge in [0.15, 0.2) is 0 Å². The summed E-state index contributed by atoms with van der Waals surface area (Å²) in [5, 5.41) is 8.63. The molecule has 0 spiro atoms. The zero-order chi connectivity index (χ0) is 9.84. The second-order valence-electron chi connectivity index (χ2n) is 3.33. The zero-order valence-electron chi connectivity index (χ0n) is 7.86. The molecule has 0 saturated heterocycles. The van der Waals surface area contributed by atoms with Gasteiger partial charge in [0.25, 0.3) is 0 Å². The van der Waals surface area contributed by atoms with Gasteiger partial charge >= 0.3 is 0 Å². The van der Waals surface area contributed by atoms with Gasteiger partial charge in [-0.15, -0.1) is 0 Å². The van der Waals surface area contributed by atoms with E-state index in [9.17, 15) is 0 Å². The van der Waals surface area contributed by atoms with Crippen LogP contribution in [-0.2, 0) is 0 Å². The van der Waals surface area contributed by atoms with Crippen molar-refractivity contribution in [3.05, 3.63) is 29.6 Å². The van der Waals surface area contributed by atoms with E-state index in [2.05, 4.69) is 4.98 Å². The lowest BCUT2D eigenvalue weighted by Gasteiger charge is -2.14. The molecule has 0 bridgehead atoms. The van der Waals surface area contributed by atoms with E-state index in [1.165, 1.54) is 0 Å². The van der Waals surface area contributed by atoms with E-state index in [1.807, 2.05) is 32.0 Å². The Kier molecular flexibility index (Phi) is 2.99. The minimum atomic E-state index is -0.0895. The van der Waals surface area contributed by atoms with Crippen LogP contribution in [0.15, 0.2) is 18.2 Å². The highest BCUT2D eigenvalue weighted by molar-refractivity contribution is 5.23. The topological polar surface area (TPSA) is 62.7 Å². The van der Waals surface area contributed by atoms with Crippen molar-refractivity contribution in [3.63, 3.8) is 0 Å². The first-order chi connectivity index (χ1) is 6.15. The molecule has 0 aromatic carbocycles. The van der Waals surface area contributed by atoms with Crippen molar-refractivity contribution in [2.75, 3.05) is 0 Å². The number of nitrogens with zero attached hydrogens (tertiary/aromatic N) is 2. The van der Waals surface area contributed by atoms with Gasteiger partial charge in [-0.3, -0.25) is 0 Å². The first-order valence-electron chi connectivity index (χ1n) is 4.27. The minimum absolute atomic E-state index is 0.0895. The maximum Gasteiger partial charge on any atom is 0.140 e. The fraction of sp³-hybridized carbons (Fsp3) is 0.400. The number of nitriles is 1. The van der Waals surface area contributed by atoms with Crippen LogP contribution in [0.3, 0.4) is 0 Å².